The van der Waals surface area contributed by atoms with Crippen molar-refractivity contribution in [3.05, 3.63) is 52.0 Å². The van der Waals surface area contributed by atoms with E-state index in [1.165, 1.54) is 7.11 Å². The van der Waals surface area contributed by atoms with Gasteiger partial charge >= 0.3 is 0 Å². The van der Waals surface area contributed by atoms with Crippen molar-refractivity contribution in [1.82, 2.24) is 0 Å². The van der Waals surface area contributed by atoms with Gasteiger partial charge in [0, 0.05) is 17.2 Å². The SMILES string of the molecule is COc1cc(C#N)ccc1OCCOc1cc(Cl)ccc1Cl. The largest absolute Gasteiger partial charge is 0.493 e. The minimum atomic E-state index is 0.295. The van der Waals surface area contributed by atoms with Crippen LogP contribution < -0.4 is 14.2 Å². The highest BCUT2D eigenvalue weighted by Crippen LogP contribution is 2.29. The Kier molecular flexibility index (Phi) is 5.76. The number of nitrogens with zero attached hydrogens (tertiary/aromatic N) is 1. The molecule has 0 aliphatic heterocycles. The predicted octanol–water partition coefficient (Wildman–Crippen LogP) is 4.33. The van der Waals surface area contributed by atoms with E-state index in [1.54, 1.807) is 36.4 Å². The molecule has 0 amide bonds. The minimum absolute atomic E-state index is 0.295. The van der Waals surface area contributed by atoms with Gasteiger partial charge in [-0.3, -0.25) is 0 Å². The fourth-order valence-corrected chi connectivity index (χ4v) is 2.08. The maximum atomic E-state index is 8.85. The molecule has 0 fully saturated rings. The van der Waals surface area contributed by atoms with Crippen LogP contribution in [0.3, 0.4) is 0 Å². The lowest BCUT2D eigenvalue weighted by atomic mass is 10.2. The Hall–Kier alpha value is -2.09. The van der Waals surface area contributed by atoms with Gasteiger partial charge in [0.15, 0.2) is 11.5 Å². The van der Waals surface area contributed by atoms with Crippen LogP contribution >= 0.6 is 23.2 Å². The molecule has 2 aromatic carbocycles. The van der Waals surface area contributed by atoms with Crippen molar-refractivity contribution >= 4 is 23.2 Å². The second kappa shape index (κ2) is 7.79. The molecule has 6 heteroatoms. The number of hydrogen-bond acceptors (Lipinski definition) is 4. The Bertz CT molecular complexity index is 698. The first-order chi connectivity index (χ1) is 10.6. The molecule has 22 heavy (non-hydrogen) atoms. The first-order valence-electron chi connectivity index (χ1n) is 6.43. The van der Waals surface area contributed by atoms with Gasteiger partial charge in [0.1, 0.15) is 19.0 Å². The summed E-state index contributed by atoms with van der Waals surface area (Å²) in [5.74, 6) is 1.55. The Morgan fingerprint density at radius 3 is 2.36 bits per heavy atom. The second-order valence-electron chi connectivity index (χ2n) is 4.25. The van der Waals surface area contributed by atoms with E-state index in [1.807, 2.05) is 6.07 Å². The van der Waals surface area contributed by atoms with E-state index in [4.69, 9.17) is 42.7 Å². The summed E-state index contributed by atoms with van der Waals surface area (Å²) in [6.07, 6.45) is 0. The molecule has 2 aromatic rings. The van der Waals surface area contributed by atoms with Crippen molar-refractivity contribution in [2.24, 2.45) is 0 Å². The third-order valence-corrected chi connectivity index (χ3v) is 3.33. The smallest absolute Gasteiger partial charge is 0.162 e. The van der Waals surface area contributed by atoms with Crippen molar-refractivity contribution in [3.63, 3.8) is 0 Å². The van der Waals surface area contributed by atoms with E-state index in [0.29, 0.717) is 46.1 Å². The topological polar surface area (TPSA) is 51.5 Å². The van der Waals surface area contributed by atoms with Gasteiger partial charge in [-0.2, -0.15) is 5.26 Å². The third kappa shape index (κ3) is 4.20. The lowest BCUT2D eigenvalue weighted by Crippen LogP contribution is -2.09. The van der Waals surface area contributed by atoms with Crippen molar-refractivity contribution < 1.29 is 14.2 Å². The van der Waals surface area contributed by atoms with E-state index < -0.39 is 0 Å². The van der Waals surface area contributed by atoms with Crippen LogP contribution in [0.25, 0.3) is 0 Å². The van der Waals surface area contributed by atoms with Gasteiger partial charge in [0.2, 0.25) is 0 Å². The van der Waals surface area contributed by atoms with Gasteiger partial charge in [-0.1, -0.05) is 23.2 Å². The summed E-state index contributed by atoms with van der Waals surface area (Å²) >= 11 is 11.9. The molecule has 2 rings (SSSR count). The second-order valence-corrected chi connectivity index (χ2v) is 5.09. The summed E-state index contributed by atoms with van der Waals surface area (Å²) in [6, 6.07) is 12.0. The number of benzene rings is 2. The molecular weight excluding hydrogens is 325 g/mol. The Labute approximate surface area is 138 Å². The Morgan fingerprint density at radius 1 is 0.955 bits per heavy atom. The van der Waals surface area contributed by atoms with Crippen LogP contribution in [0.2, 0.25) is 10.0 Å². The van der Waals surface area contributed by atoms with Gasteiger partial charge < -0.3 is 14.2 Å². The molecule has 0 atom stereocenters. The summed E-state index contributed by atoms with van der Waals surface area (Å²) < 4.78 is 16.3. The molecule has 0 aromatic heterocycles. The molecule has 0 aliphatic carbocycles. The fourth-order valence-electron chi connectivity index (χ4n) is 1.75. The number of nitriles is 1. The normalized spacial score (nSPS) is 9.91. The Morgan fingerprint density at radius 2 is 1.68 bits per heavy atom. The van der Waals surface area contributed by atoms with Crippen molar-refractivity contribution in [3.8, 4) is 23.3 Å². The predicted molar refractivity (Wildman–Crippen MR) is 85.2 cm³/mol. The highest BCUT2D eigenvalue weighted by atomic mass is 35.5. The van der Waals surface area contributed by atoms with Crippen LogP contribution in [0.5, 0.6) is 17.2 Å². The van der Waals surface area contributed by atoms with Crippen LogP contribution in [-0.4, -0.2) is 20.3 Å². The standard InChI is InChI=1S/C16H13Cl2NO3/c1-20-16-8-11(10-19)2-5-14(16)21-6-7-22-15-9-12(17)3-4-13(15)18/h2-5,8-9H,6-7H2,1H3. The first-order valence-corrected chi connectivity index (χ1v) is 7.18. The average molecular weight is 338 g/mol. The van der Waals surface area contributed by atoms with Gasteiger partial charge in [0.25, 0.3) is 0 Å². The summed E-state index contributed by atoms with van der Waals surface area (Å²) in [5.41, 5.74) is 0.506. The maximum Gasteiger partial charge on any atom is 0.162 e. The zero-order valence-electron chi connectivity index (χ0n) is 11.8. The van der Waals surface area contributed by atoms with Crippen molar-refractivity contribution in [2.75, 3.05) is 20.3 Å². The highest BCUT2D eigenvalue weighted by Gasteiger charge is 2.06. The molecule has 0 saturated heterocycles. The fraction of sp³-hybridized carbons (Fsp3) is 0.188. The molecule has 0 unspecified atom stereocenters. The maximum absolute atomic E-state index is 8.85. The molecule has 0 bridgehead atoms. The first kappa shape index (κ1) is 16.3. The Balaban J connectivity index is 1.91. The van der Waals surface area contributed by atoms with Crippen LogP contribution in [0, 0.1) is 11.3 Å². The monoisotopic (exact) mass is 337 g/mol. The lowest BCUT2D eigenvalue weighted by molar-refractivity contribution is 0.211. The molecule has 0 aliphatic rings. The molecule has 0 radical (unpaired) electrons. The van der Waals surface area contributed by atoms with Crippen LogP contribution in [0.15, 0.2) is 36.4 Å². The lowest BCUT2D eigenvalue weighted by Gasteiger charge is -2.12. The number of ether oxygens (including phenoxy) is 3. The number of halogens is 2. The zero-order chi connectivity index (χ0) is 15.9. The molecular formula is C16H13Cl2NO3. The summed E-state index contributed by atoms with van der Waals surface area (Å²) in [7, 11) is 1.52. The molecule has 4 nitrogen and oxygen atoms in total. The van der Waals surface area contributed by atoms with Gasteiger partial charge in [-0.15, -0.1) is 0 Å². The van der Waals surface area contributed by atoms with E-state index in [9.17, 15) is 0 Å². The van der Waals surface area contributed by atoms with Crippen LogP contribution in [-0.2, 0) is 0 Å². The van der Waals surface area contributed by atoms with E-state index in [2.05, 4.69) is 0 Å². The van der Waals surface area contributed by atoms with Gasteiger partial charge in [0.05, 0.1) is 23.8 Å². The van der Waals surface area contributed by atoms with Crippen molar-refractivity contribution in [1.29, 1.82) is 5.26 Å². The summed E-state index contributed by atoms with van der Waals surface area (Å²) in [4.78, 5) is 0. The van der Waals surface area contributed by atoms with Gasteiger partial charge in [-0.25, -0.2) is 0 Å². The molecule has 114 valence electrons. The number of rotatable bonds is 6. The van der Waals surface area contributed by atoms with Crippen LogP contribution in [0.4, 0.5) is 0 Å². The highest BCUT2D eigenvalue weighted by molar-refractivity contribution is 6.34. The minimum Gasteiger partial charge on any atom is -0.493 e. The van der Waals surface area contributed by atoms with Gasteiger partial charge in [-0.05, 0) is 24.3 Å². The summed E-state index contributed by atoms with van der Waals surface area (Å²) in [5, 5.41) is 9.88. The van der Waals surface area contributed by atoms with Crippen molar-refractivity contribution in [2.45, 2.75) is 0 Å². The third-order valence-electron chi connectivity index (χ3n) is 2.78. The summed E-state index contributed by atoms with van der Waals surface area (Å²) in [6.45, 7) is 0.592. The van der Waals surface area contributed by atoms with Crippen LogP contribution in [0.1, 0.15) is 5.56 Å². The molecule has 0 N–H and O–H groups in total. The average Bonchev–Trinajstić information content (AvgIpc) is 2.54. The number of hydrogen-bond donors (Lipinski definition) is 0. The molecule has 0 spiro atoms. The van der Waals surface area contributed by atoms with E-state index >= 15 is 0 Å². The zero-order valence-corrected chi connectivity index (χ0v) is 13.3. The molecule has 0 heterocycles. The van der Waals surface area contributed by atoms with E-state index in [0.717, 1.165) is 0 Å². The van der Waals surface area contributed by atoms with E-state index in [-0.39, 0.29) is 0 Å². The molecule has 0 saturated carbocycles. The quantitative estimate of drug-likeness (QED) is 0.736. The number of methoxy groups -OCH3 is 1.